The third kappa shape index (κ3) is 4.93. The molecular formula is C18H17ClFNO4. The summed E-state index contributed by atoms with van der Waals surface area (Å²) in [6, 6.07) is 11.0. The number of esters is 1. The minimum absolute atomic E-state index is 0.0338. The zero-order chi connectivity index (χ0) is 18.4. The van der Waals surface area contributed by atoms with Crippen molar-refractivity contribution in [3.63, 3.8) is 0 Å². The number of anilines is 1. The zero-order valence-corrected chi connectivity index (χ0v) is 14.5. The molecule has 0 aliphatic rings. The molecule has 0 saturated heterocycles. The Morgan fingerprint density at radius 2 is 1.92 bits per heavy atom. The van der Waals surface area contributed by atoms with Crippen molar-refractivity contribution in [2.45, 2.75) is 19.4 Å². The van der Waals surface area contributed by atoms with Crippen molar-refractivity contribution in [1.82, 2.24) is 0 Å². The van der Waals surface area contributed by atoms with E-state index in [9.17, 15) is 14.0 Å². The lowest BCUT2D eigenvalue weighted by atomic mass is 10.1. The molecule has 132 valence electrons. The fraction of sp³-hybridized carbons (Fsp3) is 0.222. The number of halogens is 2. The van der Waals surface area contributed by atoms with Gasteiger partial charge in [0.2, 0.25) is 0 Å². The van der Waals surface area contributed by atoms with Crippen molar-refractivity contribution in [1.29, 1.82) is 0 Å². The number of benzene rings is 2. The van der Waals surface area contributed by atoms with E-state index in [-0.39, 0.29) is 17.0 Å². The summed E-state index contributed by atoms with van der Waals surface area (Å²) in [5, 5.41) is 2.74. The lowest BCUT2D eigenvalue weighted by Crippen LogP contribution is -2.30. The molecule has 0 spiro atoms. The molecule has 0 unspecified atom stereocenters. The van der Waals surface area contributed by atoms with Crippen LogP contribution in [0.15, 0.2) is 42.5 Å². The van der Waals surface area contributed by atoms with Crippen LogP contribution in [0.4, 0.5) is 10.1 Å². The van der Waals surface area contributed by atoms with Gasteiger partial charge in [0.25, 0.3) is 5.91 Å². The van der Waals surface area contributed by atoms with Gasteiger partial charge in [-0.25, -0.2) is 4.39 Å². The largest absolute Gasteiger partial charge is 0.495 e. The summed E-state index contributed by atoms with van der Waals surface area (Å²) in [4.78, 5) is 24.1. The summed E-state index contributed by atoms with van der Waals surface area (Å²) < 4.78 is 23.9. The van der Waals surface area contributed by atoms with E-state index in [1.54, 1.807) is 24.3 Å². The molecule has 0 aromatic heterocycles. The Morgan fingerprint density at radius 1 is 1.20 bits per heavy atom. The Morgan fingerprint density at radius 3 is 2.60 bits per heavy atom. The van der Waals surface area contributed by atoms with Crippen LogP contribution in [-0.4, -0.2) is 25.1 Å². The maximum Gasteiger partial charge on any atom is 0.311 e. The molecule has 0 saturated carbocycles. The summed E-state index contributed by atoms with van der Waals surface area (Å²) in [7, 11) is 1.48. The third-order valence-corrected chi connectivity index (χ3v) is 3.78. The molecule has 25 heavy (non-hydrogen) atoms. The predicted octanol–water partition coefficient (Wildman–Crippen LogP) is 3.60. The number of carbonyl (C=O) groups excluding carboxylic acids is 2. The molecule has 5 nitrogen and oxygen atoms in total. The highest BCUT2D eigenvalue weighted by Crippen LogP contribution is 2.23. The van der Waals surface area contributed by atoms with Crippen molar-refractivity contribution in [2.75, 3.05) is 12.4 Å². The molecule has 1 N–H and O–H groups in total. The van der Waals surface area contributed by atoms with Gasteiger partial charge in [0.05, 0.1) is 19.2 Å². The molecule has 2 aromatic rings. The van der Waals surface area contributed by atoms with Gasteiger partial charge < -0.3 is 14.8 Å². The van der Waals surface area contributed by atoms with Gasteiger partial charge in [-0.3, -0.25) is 9.59 Å². The van der Waals surface area contributed by atoms with Gasteiger partial charge in [-0.05, 0) is 31.2 Å². The third-order valence-electron chi connectivity index (χ3n) is 3.43. The summed E-state index contributed by atoms with van der Waals surface area (Å²) >= 11 is 5.87. The molecule has 2 aromatic carbocycles. The quantitative estimate of drug-likeness (QED) is 0.794. The van der Waals surface area contributed by atoms with Gasteiger partial charge in [-0.15, -0.1) is 0 Å². The average Bonchev–Trinajstić information content (AvgIpc) is 2.58. The van der Waals surface area contributed by atoms with Crippen LogP contribution in [0.5, 0.6) is 5.75 Å². The highest BCUT2D eigenvalue weighted by atomic mass is 35.5. The normalized spacial score (nSPS) is 11.5. The van der Waals surface area contributed by atoms with Crippen molar-refractivity contribution >= 4 is 29.2 Å². The fourth-order valence-electron chi connectivity index (χ4n) is 2.12. The highest BCUT2D eigenvalue weighted by molar-refractivity contribution is 6.31. The number of para-hydroxylation sites is 2. The van der Waals surface area contributed by atoms with Crippen molar-refractivity contribution < 1.29 is 23.5 Å². The fourth-order valence-corrected chi connectivity index (χ4v) is 2.35. The SMILES string of the molecule is COc1ccccc1NC(=O)[C@@H](C)OC(=O)Cc1c(F)cccc1Cl. The van der Waals surface area contributed by atoms with E-state index < -0.39 is 23.8 Å². The van der Waals surface area contributed by atoms with E-state index >= 15 is 0 Å². The number of hydrogen-bond acceptors (Lipinski definition) is 4. The Labute approximate surface area is 149 Å². The first-order chi connectivity index (χ1) is 11.9. The predicted molar refractivity (Wildman–Crippen MR) is 92.3 cm³/mol. The van der Waals surface area contributed by atoms with Crippen molar-refractivity contribution in [3.8, 4) is 5.75 Å². The lowest BCUT2D eigenvalue weighted by Gasteiger charge is -2.15. The first kappa shape index (κ1) is 18.7. The standard InChI is InChI=1S/C18H17ClFNO4/c1-11(18(23)21-15-8-3-4-9-16(15)24-2)25-17(22)10-12-13(19)6-5-7-14(12)20/h3-9,11H,10H2,1-2H3,(H,21,23)/t11-/m1/s1. The minimum atomic E-state index is -1.07. The average molecular weight is 366 g/mol. The Hall–Kier alpha value is -2.60. The molecule has 1 amide bonds. The second-order valence-electron chi connectivity index (χ2n) is 5.20. The topological polar surface area (TPSA) is 64.6 Å². The van der Waals surface area contributed by atoms with Gasteiger partial charge in [-0.2, -0.15) is 0 Å². The molecule has 0 aliphatic carbocycles. The number of ether oxygens (including phenoxy) is 2. The van der Waals surface area contributed by atoms with E-state index in [4.69, 9.17) is 21.1 Å². The van der Waals surface area contributed by atoms with Crippen LogP contribution in [0.3, 0.4) is 0 Å². The van der Waals surface area contributed by atoms with Crippen LogP contribution in [-0.2, 0) is 20.7 Å². The monoisotopic (exact) mass is 365 g/mol. The van der Waals surface area contributed by atoms with Gasteiger partial charge in [0, 0.05) is 10.6 Å². The molecule has 0 aliphatic heterocycles. The van der Waals surface area contributed by atoms with Gasteiger partial charge in [0.15, 0.2) is 6.10 Å². The van der Waals surface area contributed by atoms with Crippen LogP contribution >= 0.6 is 11.6 Å². The molecule has 7 heteroatoms. The smallest absolute Gasteiger partial charge is 0.311 e. The van der Waals surface area contributed by atoms with Crippen LogP contribution < -0.4 is 10.1 Å². The minimum Gasteiger partial charge on any atom is -0.495 e. The Balaban J connectivity index is 1.97. The van der Waals surface area contributed by atoms with Crippen LogP contribution in [0.2, 0.25) is 5.02 Å². The highest BCUT2D eigenvalue weighted by Gasteiger charge is 2.21. The number of carbonyl (C=O) groups is 2. The maximum atomic E-state index is 13.7. The molecule has 0 heterocycles. The summed E-state index contributed by atoms with van der Waals surface area (Å²) in [5.74, 6) is -1.41. The Bertz CT molecular complexity index is 761. The summed E-state index contributed by atoms with van der Waals surface area (Å²) in [6.45, 7) is 1.42. The van der Waals surface area contributed by atoms with E-state index in [0.717, 1.165) is 0 Å². The summed E-state index contributed by atoms with van der Waals surface area (Å²) in [6.07, 6.45) is -1.43. The van der Waals surface area contributed by atoms with E-state index in [1.807, 2.05) is 0 Å². The molecule has 1 atom stereocenters. The molecular weight excluding hydrogens is 349 g/mol. The van der Waals surface area contributed by atoms with Crippen LogP contribution in [0.25, 0.3) is 0 Å². The number of hydrogen-bond donors (Lipinski definition) is 1. The van der Waals surface area contributed by atoms with Crippen molar-refractivity contribution in [2.24, 2.45) is 0 Å². The molecule has 0 bridgehead atoms. The van der Waals surface area contributed by atoms with Crippen molar-refractivity contribution in [3.05, 3.63) is 58.9 Å². The number of methoxy groups -OCH3 is 1. The molecule has 0 fully saturated rings. The first-order valence-corrected chi connectivity index (χ1v) is 7.86. The number of rotatable bonds is 6. The second-order valence-corrected chi connectivity index (χ2v) is 5.61. The number of nitrogens with one attached hydrogen (secondary N) is 1. The van der Waals surface area contributed by atoms with E-state index in [2.05, 4.69) is 5.32 Å². The van der Waals surface area contributed by atoms with Crippen LogP contribution in [0, 0.1) is 5.82 Å². The van der Waals surface area contributed by atoms with Gasteiger partial charge in [-0.1, -0.05) is 29.8 Å². The lowest BCUT2D eigenvalue weighted by molar-refractivity contribution is -0.152. The van der Waals surface area contributed by atoms with Gasteiger partial charge in [0.1, 0.15) is 11.6 Å². The Kier molecular flexibility index (Phi) is 6.36. The first-order valence-electron chi connectivity index (χ1n) is 7.48. The zero-order valence-electron chi connectivity index (χ0n) is 13.7. The van der Waals surface area contributed by atoms with E-state index in [0.29, 0.717) is 11.4 Å². The van der Waals surface area contributed by atoms with Gasteiger partial charge >= 0.3 is 5.97 Å². The van der Waals surface area contributed by atoms with Crippen LogP contribution in [0.1, 0.15) is 12.5 Å². The number of amides is 1. The molecule has 2 rings (SSSR count). The molecule has 0 radical (unpaired) electrons. The second kappa shape index (κ2) is 8.48. The summed E-state index contributed by atoms with van der Waals surface area (Å²) in [5.41, 5.74) is 0.488. The van der Waals surface area contributed by atoms with E-state index in [1.165, 1.54) is 32.2 Å². The maximum absolute atomic E-state index is 13.7.